The maximum Gasteiger partial charge on any atom is 0.252 e. The van der Waals surface area contributed by atoms with Crippen LogP contribution >= 0.6 is 27.5 Å². The normalized spacial score (nSPS) is 10.6. The molecular formula is C22H18BrClO2. The van der Waals surface area contributed by atoms with Gasteiger partial charge in [0.15, 0.2) is 0 Å². The van der Waals surface area contributed by atoms with Crippen molar-refractivity contribution in [1.29, 1.82) is 0 Å². The fourth-order valence-electron chi connectivity index (χ4n) is 2.90. The number of ether oxygens (including phenoxy) is 1. The smallest absolute Gasteiger partial charge is 0.252 e. The predicted molar refractivity (Wildman–Crippen MR) is 110 cm³/mol. The zero-order valence-corrected chi connectivity index (χ0v) is 16.7. The number of carbonyl (C=O) groups is 1. The van der Waals surface area contributed by atoms with Gasteiger partial charge in [-0.25, -0.2) is 0 Å². The van der Waals surface area contributed by atoms with Gasteiger partial charge in [0, 0.05) is 11.1 Å². The highest BCUT2D eigenvalue weighted by molar-refractivity contribution is 9.10. The summed E-state index contributed by atoms with van der Waals surface area (Å²) in [5, 5.41) is -0.467. The monoisotopic (exact) mass is 428 g/mol. The Morgan fingerprint density at radius 2 is 1.73 bits per heavy atom. The van der Waals surface area contributed by atoms with Crippen molar-refractivity contribution in [3.8, 4) is 16.9 Å². The molecule has 0 aromatic heterocycles. The van der Waals surface area contributed by atoms with E-state index in [1.807, 2.05) is 30.3 Å². The van der Waals surface area contributed by atoms with Crippen LogP contribution in [0, 0.1) is 0 Å². The van der Waals surface area contributed by atoms with Gasteiger partial charge < -0.3 is 4.74 Å². The second-order valence-corrected chi connectivity index (χ2v) is 7.09. The Kier molecular flexibility index (Phi) is 6.12. The highest BCUT2D eigenvalue weighted by Crippen LogP contribution is 2.38. The second-order valence-electron chi connectivity index (χ2n) is 5.89. The van der Waals surface area contributed by atoms with Crippen LogP contribution in [0.15, 0.2) is 71.2 Å². The summed E-state index contributed by atoms with van der Waals surface area (Å²) in [6.07, 6.45) is 0.946. The maximum atomic E-state index is 11.4. The van der Waals surface area contributed by atoms with E-state index < -0.39 is 5.24 Å². The molecule has 0 spiro atoms. The number of para-hydroxylation sites is 1. The highest BCUT2D eigenvalue weighted by Gasteiger charge is 2.13. The van der Waals surface area contributed by atoms with E-state index in [1.54, 1.807) is 12.1 Å². The molecule has 0 saturated carbocycles. The third kappa shape index (κ3) is 4.17. The number of rotatable bonds is 6. The third-order valence-corrected chi connectivity index (χ3v) is 5.04. The molecule has 3 aromatic carbocycles. The zero-order valence-electron chi connectivity index (χ0n) is 14.3. The van der Waals surface area contributed by atoms with Gasteiger partial charge in [-0.05, 0) is 62.8 Å². The molecule has 0 saturated heterocycles. The summed E-state index contributed by atoms with van der Waals surface area (Å²) in [6, 6.07) is 21.5. The van der Waals surface area contributed by atoms with Crippen LogP contribution in [0.3, 0.4) is 0 Å². The standard InChI is InChI=1S/C22H18BrClO2/c1-2-16-8-3-4-10-18(16)19-11-6-12-20(23)21(19)26-14-15-7-5-9-17(13-15)22(24)25/h3-13H,2,14H2,1H3. The molecule has 0 atom stereocenters. The van der Waals surface area contributed by atoms with E-state index in [-0.39, 0.29) is 0 Å². The lowest BCUT2D eigenvalue weighted by molar-refractivity contribution is 0.108. The average Bonchev–Trinajstić information content (AvgIpc) is 2.67. The van der Waals surface area contributed by atoms with Crippen LogP contribution in [0.5, 0.6) is 5.75 Å². The first kappa shape index (κ1) is 18.7. The van der Waals surface area contributed by atoms with Gasteiger partial charge in [0.2, 0.25) is 0 Å². The molecule has 0 aliphatic heterocycles. The molecule has 0 aliphatic rings. The molecule has 0 radical (unpaired) electrons. The van der Waals surface area contributed by atoms with Crippen molar-refractivity contribution in [3.05, 3.63) is 87.9 Å². The van der Waals surface area contributed by atoms with E-state index in [0.717, 1.165) is 33.3 Å². The van der Waals surface area contributed by atoms with Crippen LogP contribution in [0.2, 0.25) is 0 Å². The Morgan fingerprint density at radius 3 is 2.50 bits per heavy atom. The minimum atomic E-state index is -0.467. The van der Waals surface area contributed by atoms with Crippen LogP contribution in [0.4, 0.5) is 0 Å². The SMILES string of the molecule is CCc1ccccc1-c1cccc(Br)c1OCc1cccc(C(=O)Cl)c1. The van der Waals surface area contributed by atoms with E-state index in [1.165, 1.54) is 5.56 Å². The summed E-state index contributed by atoms with van der Waals surface area (Å²) in [4.78, 5) is 11.4. The quantitative estimate of drug-likeness (QED) is 0.411. The van der Waals surface area contributed by atoms with Crippen molar-refractivity contribution in [2.75, 3.05) is 0 Å². The van der Waals surface area contributed by atoms with Crippen LogP contribution in [-0.2, 0) is 13.0 Å². The first-order valence-corrected chi connectivity index (χ1v) is 9.55. The molecule has 0 unspecified atom stereocenters. The summed E-state index contributed by atoms with van der Waals surface area (Å²) in [6.45, 7) is 2.49. The molecule has 3 aromatic rings. The number of hydrogen-bond donors (Lipinski definition) is 0. The first-order valence-electron chi connectivity index (χ1n) is 8.38. The van der Waals surface area contributed by atoms with Crippen molar-refractivity contribution in [1.82, 2.24) is 0 Å². The summed E-state index contributed by atoms with van der Waals surface area (Å²) < 4.78 is 7.04. The van der Waals surface area contributed by atoms with Crippen molar-refractivity contribution in [2.45, 2.75) is 20.0 Å². The largest absolute Gasteiger partial charge is 0.487 e. The van der Waals surface area contributed by atoms with Gasteiger partial charge >= 0.3 is 0 Å². The molecule has 0 heterocycles. The van der Waals surface area contributed by atoms with E-state index in [0.29, 0.717) is 12.2 Å². The van der Waals surface area contributed by atoms with E-state index >= 15 is 0 Å². The zero-order chi connectivity index (χ0) is 18.5. The highest BCUT2D eigenvalue weighted by atomic mass is 79.9. The second kappa shape index (κ2) is 8.52. The van der Waals surface area contributed by atoms with Gasteiger partial charge in [-0.3, -0.25) is 4.79 Å². The molecule has 3 rings (SSSR count). The van der Waals surface area contributed by atoms with Crippen LogP contribution in [0.25, 0.3) is 11.1 Å². The molecular weight excluding hydrogens is 412 g/mol. The fraction of sp³-hybridized carbons (Fsp3) is 0.136. The Balaban J connectivity index is 1.94. The minimum absolute atomic E-state index is 0.349. The lowest BCUT2D eigenvalue weighted by atomic mass is 9.97. The van der Waals surface area contributed by atoms with Crippen molar-refractivity contribution >= 4 is 32.8 Å². The topological polar surface area (TPSA) is 26.3 Å². The number of aryl methyl sites for hydroxylation is 1. The van der Waals surface area contributed by atoms with Gasteiger partial charge in [-0.2, -0.15) is 0 Å². The lowest BCUT2D eigenvalue weighted by Gasteiger charge is -2.16. The van der Waals surface area contributed by atoms with Gasteiger partial charge in [0.1, 0.15) is 12.4 Å². The Bertz CT molecular complexity index is 937. The Hall–Kier alpha value is -2.10. The van der Waals surface area contributed by atoms with E-state index in [9.17, 15) is 4.79 Å². The molecule has 4 heteroatoms. The average molecular weight is 430 g/mol. The first-order chi connectivity index (χ1) is 12.6. The Morgan fingerprint density at radius 1 is 1.00 bits per heavy atom. The fourth-order valence-corrected chi connectivity index (χ4v) is 3.50. The molecule has 0 N–H and O–H groups in total. The maximum absolute atomic E-state index is 11.4. The Labute approximate surface area is 166 Å². The molecule has 2 nitrogen and oxygen atoms in total. The number of halogens is 2. The van der Waals surface area contributed by atoms with Crippen molar-refractivity contribution in [2.24, 2.45) is 0 Å². The molecule has 0 fully saturated rings. The van der Waals surface area contributed by atoms with Crippen LogP contribution < -0.4 is 4.74 Å². The van der Waals surface area contributed by atoms with Gasteiger partial charge in [-0.1, -0.05) is 61.5 Å². The number of hydrogen-bond acceptors (Lipinski definition) is 2. The third-order valence-electron chi connectivity index (χ3n) is 4.19. The summed E-state index contributed by atoms with van der Waals surface area (Å²) >= 11 is 9.17. The van der Waals surface area contributed by atoms with Crippen LogP contribution in [-0.4, -0.2) is 5.24 Å². The van der Waals surface area contributed by atoms with Gasteiger partial charge in [0.05, 0.1) is 4.47 Å². The number of carbonyl (C=O) groups excluding carboxylic acids is 1. The predicted octanol–water partition coefficient (Wildman–Crippen LogP) is 6.64. The summed E-state index contributed by atoms with van der Waals surface area (Å²) in [7, 11) is 0. The van der Waals surface area contributed by atoms with E-state index in [2.05, 4.69) is 47.1 Å². The molecule has 132 valence electrons. The van der Waals surface area contributed by atoms with E-state index in [4.69, 9.17) is 16.3 Å². The summed E-state index contributed by atoms with van der Waals surface area (Å²) in [5.41, 5.74) is 4.83. The number of benzene rings is 3. The molecule has 0 amide bonds. The van der Waals surface area contributed by atoms with Gasteiger partial charge in [0.25, 0.3) is 5.24 Å². The van der Waals surface area contributed by atoms with Crippen molar-refractivity contribution in [3.63, 3.8) is 0 Å². The molecule has 26 heavy (non-hydrogen) atoms. The molecule has 0 bridgehead atoms. The van der Waals surface area contributed by atoms with Crippen molar-refractivity contribution < 1.29 is 9.53 Å². The molecule has 0 aliphatic carbocycles. The van der Waals surface area contributed by atoms with Crippen LogP contribution in [0.1, 0.15) is 28.4 Å². The van der Waals surface area contributed by atoms with Gasteiger partial charge in [-0.15, -0.1) is 0 Å². The lowest BCUT2D eigenvalue weighted by Crippen LogP contribution is -2.00. The summed E-state index contributed by atoms with van der Waals surface area (Å²) in [5.74, 6) is 0.788. The minimum Gasteiger partial charge on any atom is -0.487 e.